The van der Waals surface area contributed by atoms with Crippen molar-refractivity contribution < 1.29 is 28.6 Å². The summed E-state index contributed by atoms with van der Waals surface area (Å²) >= 11 is 0. The van der Waals surface area contributed by atoms with Gasteiger partial charge in [0.05, 0.1) is 0 Å². The lowest BCUT2D eigenvalue weighted by atomic mass is 10.0. The Morgan fingerprint density at radius 2 is 0.581 bits per heavy atom. The van der Waals surface area contributed by atoms with Crippen molar-refractivity contribution in [3.8, 4) is 0 Å². The monoisotopic (exact) mass is 871 g/mol. The van der Waals surface area contributed by atoms with Crippen LogP contribution in [0.3, 0.4) is 0 Å². The fourth-order valence-corrected chi connectivity index (χ4v) is 7.76. The second kappa shape index (κ2) is 51.3. The van der Waals surface area contributed by atoms with Gasteiger partial charge in [0.25, 0.3) is 0 Å². The van der Waals surface area contributed by atoms with Crippen LogP contribution in [0.25, 0.3) is 0 Å². The second-order valence-electron chi connectivity index (χ2n) is 18.1. The molecule has 6 heteroatoms. The van der Waals surface area contributed by atoms with E-state index in [9.17, 15) is 14.4 Å². The van der Waals surface area contributed by atoms with Gasteiger partial charge in [-0.2, -0.15) is 0 Å². The molecule has 0 aromatic rings. The smallest absolute Gasteiger partial charge is 0.306 e. The lowest BCUT2D eigenvalue weighted by Gasteiger charge is -2.18. The van der Waals surface area contributed by atoms with Crippen LogP contribution in [0.15, 0.2) is 36.5 Å². The predicted octanol–water partition coefficient (Wildman–Crippen LogP) is 17.7. The molecule has 0 saturated carbocycles. The Bertz CT molecular complexity index is 1050. The number of unbranched alkanes of at least 4 members (excludes halogenated alkanes) is 32. The van der Waals surface area contributed by atoms with E-state index in [4.69, 9.17) is 14.2 Å². The predicted molar refractivity (Wildman–Crippen MR) is 266 cm³/mol. The number of ether oxygens (including phenoxy) is 3. The first-order chi connectivity index (χ1) is 30.5. The van der Waals surface area contributed by atoms with Gasteiger partial charge in [0.1, 0.15) is 13.2 Å². The number of esters is 3. The molecule has 0 N–H and O–H groups in total. The molecular formula is C56H102O6. The third-order valence-corrected chi connectivity index (χ3v) is 11.9. The first kappa shape index (κ1) is 59.6. The fraction of sp³-hybridized carbons (Fsp3) is 0.839. The van der Waals surface area contributed by atoms with Crippen molar-refractivity contribution in [2.75, 3.05) is 13.2 Å². The highest BCUT2D eigenvalue weighted by Gasteiger charge is 2.19. The molecule has 0 aromatic heterocycles. The number of carbonyl (C=O) groups excluding carboxylic acids is 3. The summed E-state index contributed by atoms with van der Waals surface area (Å²) in [7, 11) is 0. The van der Waals surface area contributed by atoms with E-state index in [1.54, 1.807) is 0 Å². The van der Waals surface area contributed by atoms with E-state index in [2.05, 4.69) is 57.2 Å². The van der Waals surface area contributed by atoms with E-state index in [1.165, 1.54) is 161 Å². The molecule has 62 heavy (non-hydrogen) atoms. The molecule has 0 radical (unpaired) electrons. The topological polar surface area (TPSA) is 78.9 Å². The Kier molecular flexibility index (Phi) is 49.3. The molecule has 0 aliphatic rings. The van der Waals surface area contributed by atoms with Crippen molar-refractivity contribution in [1.82, 2.24) is 0 Å². The average Bonchev–Trinajstić information content (AvgIpc) is 3.27. The van der Waals surface area contributed by atoms with Crippen LogP contribution in [0.5, 0.6) is 0 Å². The highest BCUT2D eigenvalue weighted by molar-refractivity contribution is 5.71. The molecule has 362 valence electrons. The molecule has 0 amide bonds. The SMILES string of the molecule is CCCCC/C=C\C/C=C\CCCCCCCC(=O)OCC(COC(=O)CCCCCCC/C=C\CCCCCCC)OC(=O)CCCCCCCCCCCCCCCCC. The second-order valence-corrected chi connectivity index (χ2v) is 18.1. The lowest BCUT2D eigenvalue weighted by molar-refractivity contribution is -0.167. The van der Waals surface area contributed by atoms with Crippen LogP contribution >= 0.6 is 0 Å². The van der Waals surface area contributed by atoms with Gasteiger partial charge in [-0.3, -0.25) is 14.4 Å². The summed E-state index contributed by atoms with van der Waals surface area (Å²) in [5.74, 6) is -0.887. The van der Waals surface area contributed by atoms with Gasteiger partial charge < -0.3 is 14.2 Å². The molecule has 0 fully saturated rings. The summed E-state index contributed by atoms with van der Waals surface area (Å²) in [4.78, 5) is 38.0. The maximum absolute atomic E-state index is 12.8. The van der Waals surface area contributed by atoms with E-state index in [1.807, 2.05) is 0 Å². The zero-order valence-corrected chi connectivity index (χ0v) is 41.4. The number of hydrogen-bond donors (Lipinski definition) is 0. The molecule has 1 atom stereocenters. The quantitative estimate of drug-likeness (QED) is 0.0262. The van der Waals surface area contributed by atoms with Crippen LogP contribution in [-0.4, -0.2) is 37.2 Å². The number of rotatable bonds is 49. The molecular weight excluding hydrogens is 769 g/mol. The van der Waals surface area contributed by atoms with Gasteiger partial charge in [-0.15, -0.1) is 0 Å². The largest absolute Gasteiger partial charge is 0.462 e. The summed E-state index contributed by atoms with van der Waals surface area (Å²) in [6, 6.07) is 0. The zero-order valence-electron chi connectivity index (χ0n) is 41.4. The van der Waals surface area contributed by atoms with Crippen molar-refractivity contribution in [1.29, 1.82) is 0 Å². The number of allylic oxidation sites excluding steroid dienone is 6. The molecule has 0 rings (SSSR count). The highest BCUT2D eigenvalue weighted by Crippen LogP contribution is 2.16. The normalized spacial score (nSPS) is 12.2. The third-order valence-electron chi connectivity index (χ3n) is 11.9. The number of carbonyl (C=O) groups is 3. The summed E-state index contributed by atoms with van der Waals surface area (Å²) in [5, 5.41) is 0. The van der Waals surface area contributed by atoms with Crippen LogP contribution in [0.1, 0.15) is 284 Å². The lowest BCUT2D eigenvalue weighted by Crippen LogP contribution is -2.30. The van der Waals surface area contributed by atoms with E-state index in [-0.39, 0.29) is 31.1 Å². The molecule has 0 saturated heterocycles. The van der Waals surface area contributed by atoms with Crippen molar-refractivity contribution in [2.45, 2.75) is 290 Å². The summed E-state index contributed by atoms with van der Waals surface area (Å²) in [6.45, 7) is 6.61. The maximum Gasteiger partial charge on any atom is 0.306 e. The van der Waals surface area contributed by atoms with Gasteiger partial charge in [0.2, 0.25) is 0 Å². The highest BCUT2D eigenvalue weighted by atomic mass is 16.6. The van der Waals surface area contributed by atoms with Crippen molar-refractivity contribution in [3.63, 3.8) is 0 Å². The van der Waals surface area contributed by atoms with Gasteiger partial charge in [-0.1, -0.05) is 224 Å². The molecule has 0 aliphatic heterocycles. The standard InChI is InChI=1S/C56H102O6/c1-4-7-10-13-16-19-22-25-28-31-34-37-40-43-46-49-55(58)61-52-53(51-60-54(57)48-45-42-39-36-33-30-27-24-21-18-15-12-9-6-3)62-56(59)50-47-44-41-38-35-32-29-26-23-20-17-14-11-8-5-2/h16,19,24-25,27-28,53H,4-15,17-18,20-23,26,29-52H2,1-3H3/b19-16-,27-24-,28-25-. The minimum absolute atomic E-state index is 0.0780. The van der Waals surface area contributed by atoms with Gasteiger partial charge in [0.15, 0.2) is 6.10 Å². The van der Waals surface area contributed by atoms with Gasteiger partial charge >= 0.3 is 17.9 Å². The zero-order chi connectivity index (χ0) is 45.1. The van der Waals surface area contributed by atoms with E-state index >= 15 is 0 Å². The molecule has 1 unspecified atom stereocenters. The van der Waals surface area contributed by atoms with Crippen LogP contribution in [0, 0.1) is 0 Å². The molecule has 0 heterocycles. The maximum atomic E-state index is 12.8. The molecule has 0 bridgehead atoms. The van der Waals surface area contributed by atoms with Crippen molar-refractivity contribution in [2.24, 2.45) is 0 Å². The van der Waals surface area contributed by atoms with Gasteiger partial charge in [-0.25, -0.2) is 0 Å². The first-order valence-corrected chi connectivity index (χ1v) is 27.0. The molecule has 0 spiro atoms. The fourth-order valence-electron chi connectivity index (χ4n) is 7.76. The van der Waals surface area contributed by atoms with E-state index in [0.717, 1.165) is 83.5 Å². The van der Waals surface area contributed by atoms with Crippen molar-refractivity contribution >= 4 is 17.9 Å². The first-order valence-electron chi connectivity index (χ1n) is 27.0. The minimum Gasteiger partial charge on any atom is -0.462 e. The minimum atomic E-state index is -0.777. The molecule has 0 aromatic carbocycles. The average molecular weight is 871 g/mol. The third kappa shape index (κ3) is 48.7. The Hall–Kier alpha value is -2.37. The molecule has 6 nitrogen and oxygen atoms in total. The van der Waals surface area contributed by atoms with Gasteiger partial charge in [-0.05, 0) is 77.0 Å². The van der Waals surface area contributed by atoms with Crippen molar-refractivity contribution in [3.05, 3.63) is 36.5 Å². The van der Waals surface area contributed by atoms with Crippen LogP contribution in [-0.2, 0) is 28.6 Å². The summed E-state index contributed by atoms with van der Waals surface area (Å²) in [6.07, 6.45) is 59.8. The van der Waals surface area contributed by atoms with Gasteiger partial charge in [0, 0.05) is 19.3 Å². The molecule has 0 aliphatic carbocycles. The Labute approximate surface area is 385 Å². The van der Waals surface area contributed by atoms with Crippen LogP contribution in [0.4, 0.5) is 0 Å². The Morgan fingerprint density at radius 3 is 0.935 bits per heavy atom. The Balaban J connectivity index is 4.38. The van der Waals surface area contributed by atoms with E-state index < -0.39 is 6.10 Å². The Morgan fingerprint density at radius 1 is 0.323 bits per heavy atom. The number of hydrogen-bond acceptors (Lipinski definition) is 6. The van der Waals surface area contributed by atoms with Crippen LogP contribution < -0.4 is 0 Å². The summed E-state index contributed by atoms with van der Waals surface area (Å²) in [5.41, 5.74) is 0. The van der Waals surface area contributed by atoms with Crippen LogP contribution in [0.2, 0.25) is 0 Å². The van der Waals surface area contributed by atoms with E-state index in [0.29, 0.717) is 19.3 Å². The summed E-state index contributed by atoms with van der Waals surface area (Å²) < 4.78 is 16.8.